The summed E-state index contributed by atoms with van der Waals surface area (Å²) in [7, 11) is 0. The van der Waals surface area contributed by atoms with E-state index < -0.39 is 17.6 Å². The lowest BCUT2D eigenvalue weighted by Gasteiger charge is -2.10. The third-order valence-electron chi connectivity index (χ3n) is 4.54. The number of anilines is 3. The Kier molecular flexibility index (Phi) is 5.43. The molecule has 0 aliphatic heterocycles. The van der Waals surface area contributed by atoms with Crippen LogP contribution in [0.4, 0.5) is 25.8 Å². The largest absolute Gasteiger partial charge is 0.462 e. The van der Waals surface area contributed by atoms with Crippen LogP contribution in [0, 0.1) is 11.6 Å². The highest BCUT2D eigenvalue weighted by atomic mass is 32.1. The molecule has 6 nitrogen and oxygen atoms in total. The van der Waals surface area contributed by atoms with Crippen molar-refractivity contribution in [2.45, 2.75) is 6.92 Å². The minimum absolute atomic E-state index is 0.0168. The summed E-state index contributed by atoms with van der Waals surface area (Å²) in [5, 5.41) is 3.38. The molecular weight excluding hydrogens is 424 g/mol. The van der Waals surface area contributed by atoms with Crippen LogP contribution in [0.2, 0.25) is 0 Å². The van der Waals surface area contributed by atoms with Gasteiger partial charge in [-0.05, 0) is 49.4 Å². The molecule has 0 atom stereocenters. The van der Waals surface area contributed by atoms with Gasteiger partial charge in [0.05, 0.1) is 23.7 Å². The normalized spacial score (nSPS) is 10.9. The molecular formula is C22H17F2N3O3S. The monoisotopic (exact) mass is 441 g/mol. The van der Waals surface area contributed by atoms with E-state index in [1.807, 2.05) is 0 Å². The van der Waals surface area contributed by atoms with E-state index in [2.05, 4.69) is 5.32 Å². The Bertz CT molecular complexity index is 1350. The molecule has 0 amide bonds. The number of carbonyl (C=O) groups is 1. The number of nitrogens with two attached hydrogens (primary N) is 1. The fourth-order valence-corrected chi connectivity index (χ4v) is 4.31. The van der Waals surface area contributed by atoms with E-state index in [0.29, 0.717) is 21.6 Å². The molecule has 0 spiro atoms. The molecule has 0 aliphatic carbocycles. The minimum Gasteiger partial charge on any atom is -0.462 e. The van der Waals surface area contributed by atoms with Crippen LogP contribution >= 0.6 is 11.3 Å². The van der Waals surface area contributed by atoms with Crippen molar-refractivity contribution in [2.24, 2.45) is 0 Å². The summed E-state index contributed by atoms with van der Waals surface area (Å²) >= 11 is 1.04. The number of aromatic nitrogens is 1. The topological polar surface area (TPSA) is 86.4 Å². The lowest BCUT2D eigenvalue weighted by molar-refractivity contribution is 0.0533. The van der Waals surface area contributed by atoms with E-state index in [9.17, 15) is 18.4 Å². The zero-order chi connectivity index (χ0) is 22.1. The van der Waals surface area contributed by atoms with Gasteiger partial charge in [0.15, 0.2) is 0 Å². The van der Waals surface area contributed by atoms with Crippen LogP contribution in [0.15, 0.2) is 59.4 Å². The summed E-state index contributed by atoms with van der Waals surface area (Å²) in [6, 6.07) is 12.7. The van der Waals surface area contributed by atoms with E-state index in [-0.39, 0.29) is 28.4 Å². The van der Waals surface area contributed by atoms with Crippen molar-refractivity contribution in [3.8, 4) is 5.69 Å². The standard InChI is InChI=1S/C22H17F2N3O3S/c1-2-30-22(29)20-19(26-17-9-3-12(23)11-16(17)24)15-8-10-18(28)27(21(15)31-20)14-6-4-13(25)5-7-14/h3-11,26H,2,25H2,1H3. The highest BCUT2D eigenvalue weighted by Crippen LogP contribution is 2.39. The molecule has 158 valence electrons. The number of halogens is 2. The summed E-state index contributed by atoms with van der Waals surface area (Å²) in [4.78, 5) is 25.9. The fourth-order valence-electron chi connectivity index (χ4n) is 3.14. The first-order valence-electron chi connectivity index (χ1n) is 9.32. The summed E-state index contributed by atoms with van der Waals surface area (Å²) in [5.41, 5.74) is 6.79. The molecule has 31 heavy (non-hydrogen) atoms. The van der Waals surface area contributed by atoms with Crippen LogP contribution in [0.3, 0.4) is 0 Å². The highest BCUT2D eigenvalue weighted by Gasteiger charge is 2.23. The predicted octanol–water partition coefficient (Wildman–Crippen LogP) is 4.83. The van der Waals surface area contributed by atoms with Gasteiger partial charge in [-0.3, -0.25) is 9.36 Å². The molecule has 0 radical (unpaired) electrons. The molecule has 9 heteroatoms. The molecule has 2 aromatic heterocycles. The Morgan fingerprint density at radius 2 is 1.87 bits per heavy atom. The Hall–Kier alpha value is -3.72. The van der Waals surface area contributed by atoms with Crippen molar-refractivity contribution in [1.82, 2.24) is 4.57 Å². The second-order valence-electron chi connectivity index (χ2n) is 6.59. The van der Waals surface area contributed by atoms with Gasteiger partial charge in [-0.15, -0.1) is 11.3 Å². The molecule has 0 saturated carbocycles. The number of nitrogens with one attached hydrogen (secondary N) is 1. The van der Waals surface area contributed by atoms with Gasteiger partial charge < -0.3 is 15.8 Å². The number of fused-ring (bicyclic) bond motifs is 1. The fraction of sp³-hybridized carbons (Fsp3) is 0.0909. The van der Waals surface area contributed by atoms with Crippen molar-refractivity contribution in [3.63, 3.8) is 0 Å². The van der Waals surface area contributed by atoms with Crippen LogP contribution in [0.1, 0.15) is 16.6 Å². The van der Waals surface area contributed by atoms with Crippen molar-refractivity contribution in [2.75, 3.05) is 17.7 Å². The van der Waals surface area contributed by atoms with E-state index in [1.165, 1.54) is 16.7 Å². The molecule has 2 heterocycles. The molecule has 0 bridgehead atoms. The summed E-state index contributed by atoms with van der Waals surface area (Å²) in [6.07, 6.45) is 0. The summed E-state index contributed by atoms with van der Waals surface area (Å²) < 4.78 is 34.2. The van der Waals surface area contributed by atoms with Gasteiger partial charge in [-0.2, -0.15) is 0 Å². The number of ether oxygens (including phenoxy) is 1. The van der Waals surface area contributed by atoms with Gasteiger partial charge in [0.1, 0.15) is 21.3 Å². The van der Waals surface area contributed by atoms with Crippen LogP contribution in [0.5, 0.6) is 0 Å². The molecule has 4 aromatic rings. The number of carbonyl (C=O) groups excluding carboxylic acids is 1. The van der Waals surface area contributed by atoms with Crippen LogP contribution in [0.25, 0.3) is 15.9 Å². The number of nitrogens with zero attached hydrogens (tertiary/aromatic N) is 1. The van der Waals surface area contributed by atoms with Crippen LogP contribution in [-0.2, 0) is 4.74 Å². The molecule has 0 aliphatic rings. The van der Waals surface area contributed by atoms with Gasteiger partial charge in [-0.25, -0.2) is 13.6 Å². The third kappa shape index (κ3) is 3.87. The summed E-state index contributed by atoms with van der Waals surface area (Å²) in [6.45, 7) is 1.81. The lowest BCUT2D eigenvalue weighted by atomic mass is 10.2. The first-order chi connectivity index (χ1) is 14.9. The molecule has 2 aromatic carbocycles. The van der Waals surface area contributed by atoms with Gasteiger partial charge in [0, 0.05) is 23.2 Å². The van der Waals surface area contributed by atoms with Gasteiger partial charge in [-0.1, -0.05) is 0 Å². The van der Waals surface area contributed by atoms with Crippen molar-refractivity contribution in [3.05, 3.63) is 81.5 Å². The number of hydrogen-bond acceptors (Lipinski definition) is 6. The molecule has 3 N–H and O–H groups in total. The number of nitrogen functional groups attached to an aromatic ring is 1. The smallest absolute Gasteiger partial charge is 0.350 e. The van der Waals surface area contributed by atoms with Crippen LogP contribution in [-0.4, -0.2) is 17.1 Å². The van der Waals surface area contributed by atoms with Crippen molar-refractivity contribution < 1.29 is 18.3 Å². The maximum absolute atomic E-state index is 14.3. The van der Waals surface area contributed by atoms with Crippen LogP contribution < -0.4 is 16.6 Å². The number of thiophene rings is 1. The lowest BCUT2D eigenvalue weighted by Crippen LogP contribution is -2.16. The first-order valence-corrected chi connectivity index (χ1v) is 10.1. The predicted molar refractivity (Wildman–Crippen MR) is 117 cm³/mol. The van der Waals surface area contributed by atoms with Gasteiger partial charge in [0.25, 0.3) is 5.56 Å². The van der Waals surface area contributed by atoms with Crippen molar-refractivity contribution in [1.29, 1.82) is 0 Å². The average molecular weight is 441 g/mol. The van der Waals surface area contributed by atoms with Crippen molar-refractivity contribution >= 4 is 44.6 Å². The number of esters is 1. The number of pyridine rings is 1. The minimum atomic E-state index is -0.819. The Morgan fingerprint density at radius 1 is 1.13 bits per heavy atom. The quantitative estimate of drug-likeness (QED) is 0.342. The Labute approximate surface area is 179 Å². The zero-order valence-corrected chi connectivity index (χ0v) is 17.1. The van der Waals surface area contributed by atoms with E-state index in [4.69, 9.17) is 10.5 Å². The molecule has 4 rings (SSSR count). The first kappa shape index (κ1) is 20.5. The molecule has 0 fully saturated rings. The van der Waals surface area contributed by atoms with E-state index in [0.717, 1.165) is 23.5 Å². The number of hydrogen-bond donors (Lipinski definition) is 2. The van der Waals surface area contributed by atoms with E-state index in [1.54, 1.807) is 37.3 Å². The highest BCUT2D eigenvalue weighted by molar-refractivity contribution is 7.21. The second-order valence-corrected chi connectivity index (χ2v) is 7.59. The Balaban J connectivity index is 1.96. The SMILES string of the molecule is CCOC(=O)c1sc2c(ccc(=O)n2-c2ccc(N)cc2)c1Nc1ccc(F)cc1F. The maximum atomic E-state index is 14.3. The zero-order valence-electron chi connectivity index (χ0n) is 16.3. The number of rotatable bonds is 5. The second kappa shape index (κ2) is 8.19. The Morgan fingerprint density at radius 3 is 2.55 bits per heavy atom. The van der Waals surface area contributed by atoms with Gasteiger partial charge in [0.2, 0.25) is 0 Å². The molecule has 0 unspecified atom stereocenters. The van der Waals surface area contributed by atoms with E-state index >= 15 is 0 Å². The maximum Gasteiger partial charge on any atom is 0.350 e. The molecule has 0 saturated heterocycles. The number of benzene rings is 2. The third-order valence-corrected chi connectivity index (χ3v) is 5.72. The van der Waals surface area contributed by atoms with Gasteiger partial charge >= 0.3 is 5.97 Å². The summed E-state index contributed by atoms with van der Waals surface area (Å²) in [5.74, 6) is -2.16. The average Bonchev–Trinajstić information content (AvgIpc) is 3.09.